The van der Waals surface area contributed by atoms with Crippen LogP contribution in [0.3, 0.4) is 0 Å². The molecule has 4 nitrogen and oxygen atoms in total. The van der Waals surface area contributed by atoms with Gasteiger partial charge in [0, 0.05) is 31.8 Å². The lowest BCUT2D eigenvalue weighted by atomic mass is 9.74. The van der Waals surface area contributed by atoms with Crippen molar-refractivity contribution in [1.29, 1.82) is 0 Å². The van der Waals surface area contributed by atoms with Crippen LogP contribution in [0.5, 0.6) is 0 Å². The van der Waals surface area contributed by atoms with Gasteiger partial charge in [-0.2, -0.15) is 0 Å². The number of ether oxygens (including phenoxy) is 2. The first-order chi connectivity index (χ1) is 11.1. The van der Waals surface area contributed by atoms with Gasteiger partial charge in [0.25, 0.3) is 0 Å². The van der Waals surface area contributed by atoms with Crippen molar-refractivity contribution >= 4 is 5.91 Å². The Morgan fingerprint density at radius 2 is 1.96 bits per heavy atom. The van der Waals surface area contributed by atoms with Crippen LogP contribution >= 0.6 is 0 Å². The third-order valence-corrected chi connectivity index (χ3v) is 4.54. The minimum atomic E-state index is -0.412. The van der Waals surface area contributed by atoms with E-state index in [1.165, 1.54) is 12.1 Å². The number of amides is 1. The number of rotatable bonds is 7. The number of benzene rings is 1. The molecule has 1 amide bonds. The van der Waals surface area contributed by atoms with Gasteiger partial charge in [-0.1, -0.05) is 19.1 Å². The lowest BCUT2D eigenvalue weighted by Crippen LogP contribution is -2.47. The van der Waals surface area contributed by atoms with Crippen molar-refractivity contribution in [3.63, 3.8) is 0 Å². The van der Waals surface area contributed by atoms with Gasteiger partial charge >= 0.3 is 0 Å². The molecule has 1 N–H and O–H groups in total. The number of hydrogen-bond acceptors (Lipinski definition) is 3. The molecule has 1 aliphatic heterocycles. The van der Waals surface area contributed by atoms with Crippen LogP contribution in [0.2, 0.25) is 0 Å². The topological polar surface area (TPSA) is 47.6 Å². The summed E-state index contributed by atoms with van der Waals surface area (Å²) in [6.07, 6.45) is 1.85. The molecule has 1 atom stereocenters. The average molecular weight is 323 g/mol. The Morgan fingerprint density at radius 3 is 2.52 bits per heavy atom. The zero-order chi connectivity index (χ0) is 16.7. The predicted molar refractivity (Wildman–Crippen MR) is 86.8 cm³/mol. The van der Waals surface area contributed by atoms with Crippen molar-refractivity contribution in [2.45, 2.75) is 44.6 Å². The van der Waals surface area contributed by atoms with E-state index in [9.17, 15) is 9.18 Å². The number of carbonyl (C=O) groups excluding carboxylic acids is 1. The molecule has 0 radical (unpaired) electrons. The second-order valence-electron chi connectivity index (χ2n) is 5.97. The minimum absolute atomic E-state index is 0.0812. The van der Waals surface area contributed by atoms with E-state index in [-0.39, 0.29) is 17.1 Å². The summed E-state index contributed by atoms with van der Waals surface area (Å²) in [7, 11) is 0. The Balaban J connectivity index is 2.10. The molecule has 1 aromatic rings. The molecule has 0 aromatic heterocycles. The molecule has 0 aliphatic carbocycles. The fourth-order valence-corrected chi connectivity index (χ4v) is 3.08. The maximum absolute atomic E-state index is 13.2. The lowest BCUT2D eigenvalue weighted by molar-refractivity contribution is -0.133. The molecule has 0 saturated carbocycles. The van der Waals surface area contributed by atoms with Gasteiger partial charge in [0.2, 0.25) is 5.91 Å². The molecule has 1 heterocycles. The van der Waals surface area contributed by atoms with Gasteiger partial charge in [0.15, 0.2) is 0 Å². The number of hydrogen-bond donors (Lipinski definition) is 1. The van der Waals surface area contributed by atoms with Crippen LogP contribution in [0.25, 0.3) is 0 Å². The summed E-state index contributed by atoms with van der Waals surface area (Å²) in [6, 6.07) is 6.58. The molecule has 2 rings (SSSR count). The van der Waals surface area contributed by atoms with E-state index in [4.69, 9.17) is 9.47 Å². The summed E-state index contributed by atoms with van der Waals surface area (Å²) < 4.78 is 24.2. The number of nitrogens with one attached hydrogen (secondary N) is 1. The van der Waals surface area contributed by atoms with E-state index in [1.807, 2.05) is 26.0 Å². The standard InChI is InChI=1S/C18H26FNO3/c1-3-16(23-4-2)17(21)20-13-18(9-11-22-12-10-18)14-5-7-15(19)8-6-14/h5-8,16H,3-4,9-13H2,1-2H3,(H,20,21)/t16-/m1/s1. The van der Waals surface area contributed by atoms with Gasteiger partial charge in [-0.3, -0.25) is 4.79 Å². The monoisotopic (exact) mass is 323 g/mol. The zero-order valence-electron chi connectivity index (χ0n) is 13.9. The molecular weight excluding hydrogens is 297 g/mol. The zero-order valence-corrected chi connectivity index (χ0v) is 13.9. The summed E-state index contributed by atoms with van der Waals surface area (Å²) in [6.45, 7) is 6.15. The molecular formula is C18H26FNO3. The largest absolute Gasteiger partial charge is 0.381 e. The molecule has 0 spiro atoms. The number of halogens is 1. The fraction of sp³-hybridized carbons (Fsp3) is 0.611. The molecule has 0 bridgehead atoms. The molecule has 1 saturated heterocycles. The second-order valence-corrected chi connectivity index (χ2v) is 5.97. The maximum atomic E-state index is 13.2. The first-order valence-electron chi connectivity index (χ1n) is 8.34. The molecule has 1 fully saturated rings. The predicted octanol–water partition coefficient (Wildman–Crippen LogP) is 2.81. The van der Waals surface area contributed by atoms with Crippen molar-refractivity contribution in [3.05, 3.63) is 35.6 Å². The second kappa shape index (κ2) is 8.41. The molecule has 23 heavy (non-hydrogen) atoms. The molecule has 128 valence electrons. The van der Waals surface area contributed by atoms with E-state index >= 15 is 0 Å². The first kappa shape index (κ1) is 17.9. The third-order valence-electron chi connectivity index (χ3n) is 4.54. The van der Waals surface area contributed by atoms with E-state index < -0.39 is 6.10 Å². The van der Waals surface area contributed by atoms with Crippen LogP contribution in [-0.4, -0.2) is 38.4 Å². The SMILES string of the molecule is CCO[C@H](CC)C(=O)NCC1(c2ccc(F)cc2)CCOCC1. The Morgan fingerprint density at radius 1 is 1.30 bits per heavy atom. The highest BCUT2D eigenvalue weighted by Gasteiger charge is 2.35. The fourth-order valence-electron chi connectivity index (χ4n) is 3.08. The Labute approximate surface area is 137 Å². The lowest BCUT2D eigenvalue weighted by Gasteiger charge is -2.38. The molecule has 1 aromatic carbocycles. The number of carbonyl (C=O) groups is 1. The third kappa shape index (κ3) is 4.52. The van der Waals surface area contributed by atoms with Crippen LogP contribution in [0.15, 0.2) is 24.3 Å². The summed E-state index contributed by atoms with van der Waals surface area (Å²) >= 11 is 0. The Hall–Kier alpha value is -1.46. The van der Waals surface area contributed by atoms with E-state index in [0.717, 1.165) is 18.4 Å². The molecule has 0 unspecified atom stereocenters. The summed E-state index contributed by atoms with van der Waals surface area (Å²) in [4.78, 5) is 12.3. The molecule has 1 aliphatic rings. The van der Waals surface area contributed by atoms with Gasteiger partial charge < -0.3 is 14.8 Å². The van der Waals surface area contributed by atoms with Crippen LogP contribution < -0.4 is 5.32 Å². The molecule has 5 heteroatoms. The highest BCUT2D eigenvalue weighted by atomic mass is 19.1. The van der Waals surface area contributed by atoms with Crippen molar-refractivity contribution in [3.8, 4) is 0 Å². The van der Waals surface area contributed by atoms with Crippen LogP contribution in [0.4, 0.5) is 4.39 Å². The van der Waals surface area contributed by atoms with Crippen molar-refractivity contribution in [2.24, 2.45) is 0 Å². The highest BCUT2D eigenvalue weighted by molar-refractivity contribution is 5.80. The van der Waals surface area contributed by atoms with Crippen molar-refractivity contribution < 1.29 is 18.7 Å². The Kier molecular flexibility index (Phi) is 6.54. The maximum Gasteiger partial charge on any atom is 0.249 e. The smallest absolute Gasteiger partial charge is 0.249 e. The van der Waals surface area contributed by atoms with Gasteiger partial charge in [0.1, 0.15) is 11.9 Å². The highest BCUT2D eigenvalue weighted by Crippen LogP contribution is 2.34. The van der Waals surface area contributed by atoms with Crippen LogP contribution in [0, 0.1) is 5.82 Å². The van der Waals surface area contributed by atoms with Crippen LogP contribution in [0.1, 0.15) is 38.7 Å². The summed E-state index contributed by atoms with van der Waals surface area (Å²) in [5, 5.41) is 3.03. The van der Waals surface area contributed by atoms with Crippen molar-refractivity contribution in [2.75, 3.05) is 26.4 Å². The van der Waals surface area contributed by atoms with E-state index in [1.54, 1.807) is 0 Å². The average Bonchev–Trinajstić information content (AvgIpc) is 2.59. The summed E-state index contributed by atoms with van der Waals surface area (Å²) in [5.41, 5.74) is 0.846. The van der Waals surface area contributed by atoms with Crippen molar-refractivity contribution in [1.82, 2.24) is 5.32 Å². The minimum Gasteiger partial charge on any atom is -0.381 e. The van der Waals surface area contributed by atoms with Gasteiger partial charge in [0.05, 0.1) is 0 Å². The first-order valence-corrected chi connectivity index (χ1v) is 8.34. The normalized spacial score (nSPS) is 18.4. The van der Waals surface area contributed by atoms with Gasteiger partial charge in [-0.25, -0.2) is 4.39 Å². The summed E-state index contributed by atoms with van der Waals surface area (Å²) in [5.74, 6) is -0.329. The Bertz CT molecular complexity index is 497. The van der Waals surface area contributed by atoms with Crippen LogP contribution in [-0.2, 0) is 19.7 Å². The quantitative estimate of drug-likeness (QED) is 0.839. The van der Waals surface area contributed by atoms with Gasteiger partial charge in [-0.15, -0.1) is 0 Å². The van der Waals surface area contributed by atoms with E-state index in [0.29, 0.717) is 32.8 Å². The van der Waals surface area contributed by atoms with Gasteiger partial charge in [-0.05, 0) is 43.9 Å². The van der Waals surface area contributed by atoms with E-state index in [2.05, 4.69) is 5.32 Å².